The van der Waals surface area contributed by atoms with Gasteiger partial charge in [-0.3, -0.25) is 9.59 Å². The van der Waals surface area contributed by atoms with E-state index >= 15 is 0 Å². The zero-order valence-corrected chi connectivity index (χ0v) is 15.1. The molecule has 1 aromatic rings. The molecule has 2 amide bonds. The van der Waals surface area contributed by atoms with Crippen LogP contribution in [0.5, 0.6) is 11.5 Å². The number of rotatable bonds is 9. The van der Waals surface area contributed by atoms with Crippen LogP contribution in [0.4, 0.5) is 4.79 Å². The summed E-state index contributed by atoms with van der Waals surface area (Å²) >= 11 is 0. The van der Waals surface area contributed by atoms with Gasteiger partial charge in [0.15, 0.2) is 0 Å². The topological polar surface area (TPSA) is 82.1 Å². The summed E-state index contributed by atoms with van der Waals surface area (Å²) in [7, 11) is 0. The lowest BCUT2D eigenvalue weighted by atomic mass is 10.3. The highest BCUT2D eigenvalue weighted by Crippen LogP contribution is 2.19. The molecule has 7 heteroatoms. The van der Waals surface area contributed by atoms with E-state index in [2.05, 4.69) is 0 Å². The van der Waals surface area contributed by atoms with Crippen LogP contribution in [-0.4, -0.2) is 48.5 Å². The van der Waals surface area contributed by atoms with E-state index in [1.54, 1.807) is 31.2 Å². The first kappa shape index (κ1) is 20.5. The first-order valence-corrected chi connectivity index (χ1v) is 8.27. The Balaban J connectivity index is 2.58. The van der Waals surface area contributed by atoms with Crippen LogP contribution in [0.25, 0.3) is 0 Å². The molecule has 138 valence electrons. The molecule has 0 aliphatic rings. The Morgan fingerprint density at radius 1 is 1.08 bits per heavy atom. The standard InChI is InChI=1S/C18H25NO6/c1-5-13(3)25-16-9-7-15(8-10-16)24-12-11-19(17(21)14(4)20)18(22)23-6-2/h7-10,13H,5-6,11-12H2,1-4H3. The molecule has 0 heterocycles. The van der Waals surface area contributed by atoms with Crippen molar-refractivity contribution in [1.29, 1.82) is 0 Å². The van der Waals surface area contributed by atoms with Crippen LogP contribution >= 0.6 is 0 Å². The average Bonchev–Trinajstić information content (AvgIpc) is 2.59. The maximum atomic E-state index is 11.8. The minimum atomic E-state index is -0.917. The summed E-state index contributed by atoms with van der Waals surface area (Å²) in [4.78, 5) is 35.5. The molecule has 7 nitrogen and oxygen atoms in total. The summed E-state index contributed by atoms with van der Waals surface area (Å²) in [5.41, 5.74) is 0. The van der Waals surface area contributed by atoms with Crippen LogP contribution in [0, 0.1) is 0 Å². The highest BCUT2D eigenvalue weighted by molar-refractivity contribution is 6.37. The zero-order valence-electron chi connectivity index (χ0n) is 15.1. The minimum Gasteiger partial charge on any atom is -0.492 e. The summed E-state index contributed by atoms with van der Waals surface area (Å²) in [6, 6.07) is 7.04. The lowest BCUT2D eigenvalue weighted by Gasteiger charge is -2.19. The molecule has 1 rings (SSSR count). The van der Waals surface area contributed by atoms with E-state index in [-0.39, 0.29) is 25.9 Å². The van der Waals surface area contributed by atoms with E-state index in [4.69, 9.17) is 14.2 Å². The molecule has 0 N–H and O–H groups in total. The monoisotopic (exact) mass is 351 g/mol. The largest absolute Gasteiger partial charge is 0.492 e. The van der Waals surface area contributed by atoms with Gasteiger partial charge in [-0.2, -0.15) is 0 Å². The number of amides is 2. The number of nitrogens with zero attached hydrogens (tertiary/aromatic N) is 1. The molecule has 0 saturated carbocycles. The highest BCUT2D eigenvalue weighted by Gasteiger charge is 2.25. The third kappa shape index (κ3) is 6.82. The second kappa shape index (κ2) is 10.3. The number of ether oxygens (including phenoxy) is 3. The second-order valence-electron chi connectivity index (χ2n) is 5.37. The molecule has 0 bridgehead atoms. The summed E-state index contributed by atoms with van der Waals surface area (Å²) in [5, 5.41) is 0. The molecule has 0 fully saturated rings. The van der Waals surface area contributed by atoms with Crippen LogP contribution in [0.2, 0.25) is 0 Å². The Morgan fingerprint density at radius 2 is 1.68 bits per heavy atom. The molecule has 1 unspecified atom stereocenters. The Morgan fingerprint density at radius 3 is 2.20 bits per heavy atom. The fourth-order valence-corrected chi connectivity index (χ4v) is 1.85. The van der Waals surface area contributed by atoms with Crippen LogP contribution in [0.15, 0.2) is 24.3 Å². The fourth-order valence-electron chi connectivity index (χ4n) is 1.85. The Kier molecular flexibility index (Phi) is 8.46. The SMILES string of the molecule is CCOC(=O)N(CCOc1ccc(OC(C)CC)cc1)C(=O)C(C)=O. The molecule has 25 heavy (non-hydrogen) atoms. The van der Waals surface area contributed by atoms with Gasteiger partial charge in [-0.15, -0.1) is 0 Å². The maximum Gasteiger partial charge on any atom is 0.416 e. The normalized spacial score (nSPS) is 11.4. The number of carbonyl (C=O) groups excluding carboxylic acids is 3. The van der Waals surface area contributed by atoms with Crippen molar-refractivity contribution in [2.75, 3.05) is 19.8 Å². The summed E-state index contributed by atoms with van der Waals surface area (Å²) in [6.07, 6.45) is 0.178. The smallest absolute Gasteiger partial charge is 0.416 e. The van der Waals surface area contributed by atoms with Crippen LogP contribution in [0.1, 0.15) is 34.1 Å². The predicted molar refractivity (Wildman–Crippen MR) is 91.7 cm³/mol. The van der Waals surface area contributed by atoms with Gasteiger partial charge in [0.25, 0.3) is 5.91 Å². The highest BCUT2D eigenvalue weighted by atomic mass is 16.6. The van der Waals surface area contributed by atoms with E-state index in [0.29, 0.717) is 5.75 Å². The Labute approximate surface area is 147 Å². The quantitative estimate of drug-likeness (QED) is 0.636. The number of imide groups is 1. The van der Waals surface area contributed by atoms with Gasteiger partial charge < -0.3 is 14.2 Å². The molecule has 1 aromatic carbocycles. The third-order valence-electron chi connectivity index (χ3n) is 3.35. The van der Waals surface area contributed by atoms with Crippen molar-refractivity contribution < 1.29 is 28.6 Å². The third-order valence-corrected chi connectivity index (χ3v) is 3.35. The molecular formula is C18H25NO6. The molecule has 0 saturated heterocycles. The van der Waals surface area contributed by atoms with E-state index in [1.165, 1.54) is 0 Å². The minimum absolute atomic E-state index is 0.0450. The first-order valence-electron chi connectivity index (χ1n) is 8.27. The van der Waals surface area contributed by atoms with Gasteiger partial charge in [-0.05, 0) is 44.5 Å². The molecule has 1 atom stereocenters. The number of ketones is 1. The molecule has 0 aliphatic heterocycles. The molecular weight excluding hydrogens is 326 g/mol. The van der Waals surface area contributed by atoms with Crippen molar-refractivity contribution in [3.8, 4) is 11.5 Å². The van der Waals surface area contributed by atoms with Gasteiger partial charge in [-0.25, -0.2) is 9.69 Å². The van der Waals surface area contributed by atoms with Gasteiger partial charge in [-0.1, -0.05) is 6.92 Å². The van der Waals surface area contributed by atoms with Crippen LogP contribution in [-0.2, 0) is 14.3 Å². The average molecular weight is 351 g/mol. The van der Waals surface area contributed by atoms with Crippen molar-refractivity contribution in [3.05, 3.63) is 24.3 Å². The zero-order chi connectivity index (χ0) is 18.8. The molecule has 0 aromatic heterocycles. The predicted octanol–water partition coefficient (Wildman–Crippen LogP) is 2.82. The molecule has 0 aliphatic carbocycles. The van der Waals surface area contributed by atoms with Gasteiger partial charge in [0.2, 0.25) is 5.78 Å². The van der Waals surface area contributed by atoms with Crippen molar-refractivity contribution in [2.24, 2.45) is 0 Å². The lowest BCUT2D eigenvalue weighted by molar-refractivity contribution is -0.142. The molecule has 0 spiro atoms. The van der Waals surface area contributed by atoms with E-state index in [1.807, 2.05) is 13.8 Å². The van der Waals surface area contributed by atoms with Crippen molar-refractivity contribution in [2.45, 2.75) is 40.2 Å². The second-order valence-corrected chi connectivity index (χ2v) is 5.37. The summed E-state index contributed by atoms with van der Waals surface area (Å²) in [5.74, 6) is -0.351. The Hall–Kier alpha value is -2.57. The van der Waals surface area contributed by atoms with Gasteiger partial charge in [0.1, 0.15) is 18.1 Å². The maximum absolute atomic E-state index is 11.8. The van der Waals surface area contributed by atoms with Crippen LogP contribution in [0.3, 0.4) is 0 Å². The van der Waals surface area contributed by atoms with E-state index < -0.39 is 17.8 Å². The fraction of sp³-hybridized carbons (Fsp3) is 0.500. The van der Waals surface area contributed by atoms with E-state index in [0.717, 1.165) is 24.0 Å². The van der Waals surface area contributed by atoms with Crippen molar-refractivity contribution >= 4 is 17.8 Å². The number of Topliss-reactive ketones (excluding diaryl/α,β-unsaturated/α-hetero) is 1. The van der Waals surface area contributed by atoms with Gasteiger partial charge >= 0.3 is 6.09 Å². The van der Waals surface area contributed by atoms with Gasteiger partial charge in [0, 0.05) is 6.92 Å². The van der Waals surface area contributed by atoms with Crippen molar-refractivity contribution in [1.82, 2.24) is 4.90 Å². The number of hydrogen-bond acceptors (Lipinski definition) is 6. The first-order chi connectivity index (χ1) is 11.9. The van der Waals surface area contributed by atoms with Crippen LogP contribution < -0.4 is 9.47 Å². The number of carbonyl (C=O) groups is 3. The Bertz CT molecular complexity index is 584. The van der Waals surface area contributed by atoms with E-state index in [9.17, 15) is 14.4 Å². The number of hydrogen-bond donors (Lipinski definition) is 0. The number of benzene rings is 1. The van der Waals surface area contributed by atoms with Crippen molar-refractivity contribution in [3.63, 3.8) is 0 Å². The summed E-state index contributed by atoms with van der Waals surface area (Å²) in [6.45, 7) is 6.82. The molecule has 0 radical (unpaired) electrons. The van der Waals surface area contributed by atoms with Gasteiger partial charge in [0.05, 0.1) is 19.3 Å². The lowest BCUT2D eigenvalue weighted by Crippen LogP contribution is -2.43. The summed E-state index contributed by atoms with van der Waals surface area (Å²) < 4.78 is 16.0.